The molecule has 3 aliphatic rings. The van der Waals surface area contributed by atoms with Gasteiger partial charge in [0.1, 0.15) is 6.79 Å². The summed E-state index contributed by atoms with van der Waals surface area (Å²) in [6.45, 7) is 4.52. The van der Waals surface area contributed by atoms with E-state index in [0.29, 0.717) is 12.7 Å². The molecule has 1 heterocycles. The molecule has 0 N–H and O–H groups in total. The molecule has 0 aromatic carbocycles. The van der Waals surface area contributed by atoms with Crippen LogP contribution >= 0.6 is 0 Å². The minimum Gasteiger partial charge on any atom is -0.355 e. The third kappa shape index (κ3) is 3.10. The Hall–Kier alpha value is -1.37. The molecule has 1 aliphatic heterocycles. The van der Waals surface area contributed by atoms with E-state index in [1.807, 2.05) is 18.2 Å². The number of hydrogen-bond donors (Lipinski definition) is 0. The molecule has 18 heavy (non-hydrogen) atoms. The largest absolute Gasteiger partial charge is 0.355 e. The van der Waals surface area contributed by atoms with Crippen molar-refractivity contribution < 1.29 is 9.47 Å². The Kier molecular flexibility index (Phi) is 4.74. The first kappa shape index (κ1) is 13.1. The van der Waals surface area contributed by atoms with Gasteiger partial charge in [-0.2, -0.15) is 5.26 Å². The lowest BCUT2D eigenvalue weighted by Gasteiger charge is -2.21. The molecule has 0 spiro atoms. The van der Waals surface area contributed by atoms with Crippen LogP contribution in [0.2, 0.25) is 0 Å². The number of nitriles is 1. The summed E-state index contributed by atoms with van der Waals surface area (Å²) >= 11 is 0. The number of hydrogen-bond acceptors (Lipinski definition) is 3. The van der Waals surface area contributed by atoms with Crippen LogP contribution in [0.1, 0.15) is 31.7 Å². The Labute approximate surface area is 108 Å². The summed E-state index contributed by atoms with van der Waals surface area (Å²) in [6, 6.07) is 7.96. The molecule has 1 saturated heterocycles. The Morgan fingerprint density at radius 1 is 1.33 bits per heavy atom. The summed E-state index contributed by atoms with van der Waals surface area (Å²) in [5.74, 6) is 0.661. The highest BCUT2D eigenvalue weighted by molar-refractivity contribution is 5.41. The lowest BCUT2D eigenvalue weighted by molar-refractivity contribution is -0.127. The van der Waals surface area contributed by atoms with E-state index in [1.54, 1.807) is 0 Å². The highest BCUT2D eigenvalue weighted by Gasteiger charge is 2.12. The fraction of sp³-hybridized carbons (Fsp3) is 0.533. The molecule has 0 amide bonds. The average Bonchev–Trinajstić information content (AvgIpc) is 2.41. The third-order valence-electron chi connectivity index (χ3n) is 3.29. The Bertz CT molecular complexity index is 512. The van der Waals surface area contributed by atoms with Crippen molar-refractivity contribution in [2.24, 2.45) is 5.92 Å². The van der Waals surface area contributed by atoms with Crippen molar-refractivity contribution in [2.45, 2.75) is 26.2 Å². The summed E-state index contributed by atoms with van der Waals surface area (Å²) in [4.78, 5) is 0. The minimum atomic E-state index is 0.503. The molecule has 0 atom stereocenters. The molecule has 2 aliphatic carbocycles. The van der Waals surface area contributed by atoms with Gasteiger partial charge in [-0.1, -0.05) is 31.9 Å². The van der Waals surface area contributed by atoms with Crippen LogP contribution in [-0.4, -0.2) is 20.0 Å². The summed E-state index contributed by atoms with van der Waals surface area (Å²) in [5, 5.41) is 10.7. The molecule has 1 fully saturated rings. The highest BCUT2D eigenvalue weighted by atomic mass is 16.7. The zero-order valence-electron chi connectivity index (χ0n) is 10.8. The van der Waals surface area contributed by atoms with Gasteiger partial charge in [-0.15, -0.1) is 0 Å². The van der Waals surface area contributed by atoms with Crippen molar-refractivity contribution in [3.63, 3.8) is 0 Å². The molecular formula is C15H19NO2. The standard InChI is InChI=1S/C8H16O2.C7H3N/c1-2-3-4-8-5-9-7-10-6-8;8-4-6-3-5-1-2-7(5)6/h8H,2-7H2,1H3;1-3H. The maximum Gasteiger partial charge on any atom is 0.146 e. The van der Waals surface area contributed by atoms with E-state index < -0.39 is 0 Å². The molecule has 0 aromatic heterocycles. The van der Waals surface area contributed by atoms with Gasteiger partial charge in [-0.3, -0.25) is 0 Å². The van der Waals surface area contributed by atoms with Gasteiger partial charge >= 0.3 is 0 Å². The van der Waals surface area contributed by atoms with Crippen molar-refractivity contribution in [2.75, 3.05) is 20.0 Å². The fourth-order valence-electron chi connectivity index (χ4n) is 2.08. The van der Waals surface area contributed by atoms with Crippen molar-refractivity contribution >= 4 is 0 Å². The maximum atomic E-state index is 8.32. The van der Waals surface area contributed by atoms with Crippen LogP contribution in [0.5, 0.6) is 0 Å². The predicted octanol–water partition coefficient (Wildman–Crippen LogP) is 2.96. The smallest absolute Gasteiger partial charge is 0.146 e. The molecule has 0 radical (unpaired) electrons. The highest BCUT2D eigenvalue weighted by Crippen LogP contribution is 2.13. The first-order valence-corrected chi connectivity index (χ1v) is 6.55. The summed E-state index contributed by atoms with van der Waals surface area (Å²) in [6.07, 6.45) is 3.84. The monoisotopic (exact) mass is 245 g/mol. The Balaban J connectivity index is 0.000000136. The number of unbranched alkanes of at least 4 members (excludes halogenated alkanes) is 1. The molecule has 0 aromatic rings. The van der Waals surface area contributed by atoms with Crippen LogP contribution in [0.3, 0.4) is 0 Å². The van der Waals surface area contributed by atoms with E-state index in [2.05, 4.69) is 13.0 Å². The van der Waals surface area contributed by atoms with E-state index in [1.165, 1.54) is 24.5 Å². The Morgan fingerprint density at radius 3 is 2.50 bits per heavy atom. The van der Waals surface area contributed by atoms with Crippen molar-refractivity contribution in [1.29, 1.82) is 5.26 Å². The number of benzene rings is 1. The molecule has 0 bridgehead atoms. The first-order chi connectivity index (χ1) is 8.85. The molecule has 0 unspecified atom stereocenters. The topological polar surface area (TPSA) is 42.2 Å². The van der Waals surface area contributed by atoms with Crippen molar-refractivity contribution in [3.8, 4) is 6.07 Å². The quantitative estimate of drug-likeness (QED) is 0.835. The molecule has 96 valence electrons. The van der Waals surface area contributed by atoms with Crippen LogP contribution in [0.4, 0.5) is 0 Å². The molecule has 0 saturated carbocycles. The SMILES string of the molecule is CCCCC1COCOC1.N#Cc1cc2ccc1=2. The van der Waals surface area contributed by atoms with Crippen LogP contribution in [0.25, 0.3) is 0 Å². The lowest BCUT2D eigenvalue weighted by atomic mass is 10.0. The van der Waals surface area contributed by atoms with Crippen LogP contribution in [0, 0.1) is 27.7 Å². The van der Waals surface area contributed by atoms with E-state index in [4.69, 9.17) is 14.7 Å². The van der Waals surface area contributed by atoms with Gasteiger partial charge in [0, 0.05) is 5.92 Å². The van der Waals surface area contributed by atoms with Gasteiger partial charge in [-0.25, -0.2) is 0 Å². The van der Waals surface area contributed by atoms with Crippen LogP contribution in [-0.2, 0) is 9.47 Å². The van der Waals surface area contributed by atoms with Crippen molar-refractivity contribution in [1.82, 2.24) is 0 Å². The second-order valence-corrected chi connectivity index (χ2v) is 4.74. The van der Waals surface area contributed by atoms with Gasteiger partial charge in [0.05, 0.1) is 24.8 Å². The van der Waals surface area contributed by atoms with Gasteiger partial charge in [0.2, 0.25) is 0 Å². The van der Waals surface area contributed by atoms with E-state index in [9.17, 15) is 0 Å². The van der Waals surface area contributed by atoms with Crippen molar-refractivity contribution in [3.05, 3.63) is 34.2 Å². The lowest BCUT2D eigenvalue weighted by Crippen LogP contribution is -2.23. The van der Waals surface area contributed by atoms with Gasteiger partial charge in [-0.05, 0) is 22.9 Å². The van der Waals surface area contributed by atoms with Gasteiger partial charge < -0.3 is 9.47 Å². The number of nitrogens with zero attached hydrogens (tertiary/aromatic N) is 1. The normalized spacial score (nSPS) is 16.4. The second-order valence-electron chi connectivity index (χ2n) is 4.74. The van der Waals surface area contributed by atoms with E-state index in [-0.39, 0.29) is 0 Å². The molecule has 3 heteroatoms. The van der Waals surface area contributed by atoms with Crippen LogP contribution < -0.4 is 0 Å². The summed E-state index contributed by atoms with van der Waals surface area (Å²) in [7, 11) is 0. The first-order valence-electron chi connectivity index (χ1n) is 6.55. The number of ether oxygens (including phenoxy) is 2. The van der Waals surface area contributed by atoms with E-state index >= 15 is 0 Å². The predicted molar refractivity (Wildman–Crippen MR) is 68.6 cm³/mol. The number of rotatable bonds is 3. The van der Waals surface area contributed by atoms with Crippen LogP contribution in [0.15, 0.2) is 18.2 Å². The van der Waals surface area contributed by atoms with Gasteiger partial charge in [0.25, 0.3) is 0 Å². The van der Waals surface area contributed by atoms with Gasteiger partial charge in [0.15, 0.2) is 0 Å². The zero-order chi connectivity index (χ0) is 12.8. The second kappa shape index (κ2) is 6.53. The zero-order valence-corrected chi connectivity index (χ0v) is 10.8. The summed E-state index contributed by atoms with van der Waals surface area (Å²) < 4.78 is 10.3. The Morgan fingerprint density at radius 2 is 2.11 bits per heavy atom. The maximum absolute atomic E-state index is 8.32. The fourth-order valence-corrected chi connectivity index (χ4v) is 2.08. The molecule has 3 rings (SSSR count). The summed E-state index contributed by atoms with van der Waals surface area (Å²) in [5.41, 5.74) is 0.836. The van der Waals surface area contributed by atoms with E-state index in [0.717, 1.165) is 24.0 Å². The molecular weight excluding hydrogens is 226 g/mol. The molecule has 3 nitrogen and oxygen atoms in total. The minimum absolute atomic E-state index is 0.503. The third-order valence-corrected chi connectivity index (χ3v) is 3.29. The average molecular weight is 245 g/mol.